The number of hydrogen-bond acceptors (Lipinski definition) is 3. The first-order valence-electron chi connectivity index (χ1n) is 9.00. The predicted molar refractivity (Wildman–Crippen MR) is 99.6 cm³/mol. The number of halogens is 1. The van der Waals surface area contributed by atoms with E-state index in [4.69, 9.17) is 4.74 Å². The number of hydrogen-bond donors (Lipinski definition) is 2. The van der Waals surface area contributed by atoms with Gasteiger partial charge in [0.25, 0.3) is 0 Å². The first-order chi connectivity index (χ1) is 13.1. The van der Waals surface area contributed by atoms with Crippen molar-refractivity contribution >= 4 is 11.8 Å². The van der Waals surface area contributed by atoms with Crippen molar-refractivity contribution in [1.29, 1.82) is 0 Å². The van der Waals surface area contributed by atoms with Crippen LogP contribution in [0.4, 0.5) is 4.39 Å². The Morgan fingerprint density at radius 1 is 1.04 bits per heavy atom. The van der Waals surface area contributed by atoms with Crippen LogP contribution in [-0.4, -0.2) is 25.5 Å². The van der Waals surface area contributed by atoms with Crippen LogP contribution < -0.4 is 15.4 Å². The highest BCUT2D eigenvalue weighted by Crippen LogP contribution is 2.38. The molecule has 1 aliphatic carbocycles. The van der Waals surface area contributed by atoms with E-state index in [1.54, 1.807) is 25.3 Å². The van der Waals surface area contributed by atoms with Crippen LogP contribution in [0.2, 0.25) is 0 Å². The number of rotatable bonds is 8. The maximum absolute atomic E-state index is 13.6. The van der Waals surface area contributed by atoms with Gasteiger partial charge in [0.15, 0.2) is 0 Å². The fourth-order valence-electron chi connectivity index (χ4n) is 2.98. The van der Waals surface area contributed by atoms with Gasteiger partial charge >= 0.3 is 0 Å². The molecule has 3 rings (SSSR count). The number of nitrogens with one attached hydrogen (secondary N) is 2. The minimum absolute atomic E-state index is 0.102. The Bertz CT molecular complexity index is 807. The van der Waals surface area contributed by atoms with Crippen molar-refractivity contribution in [2.75, 3.05) is 13.7 Å². The minimum Gasteiger partial charge on any atom is -0.497 e. The van der Waals surface area contributed by atoms with Crippen molar-refractivity contribution in [3.63, 3.8) is 0 Å². The van der Waals surface area contributed by atoms with E-state index in [0.29, 0.717) is 24.9 Å². The summed E-state index contributed by atoms with van der Waals surface area (Å²) in [6.45, 7) is 0.652. The van der Waals surface area contributed by atoms with Crippen molar-refractivity contribution in [2.45, 2.75) is 19.4 Å². The lowest BCUT2D eigenvalue weighted by Crippen LogP contribution is -2.31. The molecule has 0 aromatic heterocycles. The van der Waals surface area contributed by atoms with E-state index in [0.717, 1.165) is 11.3 Å². The number of carbonyl (C=O) groups excluding carboxylic acids is 2. The molecule has 1 aliphatic rings. The molecule has 1 fully saturated rings. The van der Waals surface area contributed by atoms with Gasteiger partial charge in [-0.1, -0.05) is 30.3 Å². The topological polar surface area (TPSA) is 67.4 Å². The summed E-state index contributed by atoms with van der Waals surface area (Å²) in [4.78, 5) is 24.3. The molecule has 0 bridgehead atoms. The molecule has 142 valence electrons. The van der Waals surface area contributed by atoms with E-state index in [9.17, 15) is 14.0 Å². The molecule has 2 unspecified atom stereocenters. The normalized spacial score (nSPS) is 17.9. The Hall–Kier alpha value is -2.89. The van der Waals surface area contributed by atoms with Crippen LogP contribution in [-0.2, 0) is 22.6 Å². The second kappa shape index (κ2) is 8.66. The second-order valence-electron chi connectivity index (χ2n) is 6.65. The zero-order valence-electron chi connectivity index (χ0n) is 15.2. The second-order valence-corrected chi connectivity index (χ2v) is 6.65. The number of carbonyl (C=O) groups is 2. The van der Waals surface area contributed by atoms with Gasteiger partial charge in [0.1, 0.15) is 11.6 Å². The van der Waals surface area contributed by atoms with E-state index >= 15 is 0 Å². The molecule has 6 heteroatoms. The largest absolute Gasteiger partial charge is 0.497 e. The van der Waals surface area contributed by atoms with Crippen LogP contribution in [0.3, 0.4) is 0 Å². The monoisotopic (exact) mass is 370 g/mol. The fourth-order valence-corrected chi connectivity index (χ4v) is 2.98. The van der Waals surface area contributed by atoms with Gasteiger partial charge in [0.05, 0.1) is 18.9 Å². The zero-order chi connectivity index (χ0) is 19.2. The number of methoxy groups -OCH3 is 1. The third-order valence-electron chi connectivity index (χ3n) is 4.75. The van der Waals surface area contributed by atoms with Crippen molar-refractivity contribution in [3.05, 3.63) is 65.5 Å². The summed E-state index contributed by atoms with van der Waals surface area (Å²) in [7, 11) is 1.62. The third-order valence-corrected chi connectivity index (χ3v) is 4.75. The molecule has 1 saturated carbocycles. The highest BCUT2D eigenvalue weighted by molar-refractivity contribution is 5.92. The van der Waals surface area contributed by atoms with E-state index in [2.05, 4.69) is 10.6 Å². The number of ether oxygens (including phenoxy) is 1. The molecule has 0 aliphatic heterocycles. The van der Waals surface area contributed by atoms with Gasteiger partial charge in [-0.2, -0.15) is 0 Å². The average Bonchev–Trinajstić information content (AvgIpc) is 3.49. The van der Waals surface area contributed by atoms with Gasteiger partial charge in [-0.25, -0.2) is 4.39 Å². The molecule has 0 radical (unpaired) electrons. The lowest BCUT2D eigenvalue weighted by Gasteiger charge is -2.07. The average molecular weight is 370 g/mol. The van der Waals surface area contributed by atoms with Crippen molar-refractivity contribution < 1.29 is 18.7 Å². The summed E-state index contributed by atoms with van der Waals surface area (Å²) in [5, 5.41) is 5.59. The summed E-state index contributed by atoms with van der Waals surface area (Å²) in [6, 6.07) is 14.0. The summed E-state index contributed by atoms with van der Waals surface area (Å²) < 4.78 is 18.7. The quantitative estimate of drug-likeness (QED) is 0.750. The molecule has 5 nitrogen and oxygen atoms in total. The lowest BCUT2D eigenvalue weighted by molar-refractivity contribution is -0.127. The van der Waals surface area contributed by atoms with Crippen molar-refractivity contribution in [3.8, 4) is 5.75 Å². The first-order valence-corrected chi connectivity index (χ1v) is 9.00. The highest BCUT2D eigenvalue weighted by atomic mass is 19.1. The first kappa shape index (κ1) is 18.9. The molecular formula is C21H23FN2O3. The molecular weight excluding hydrogens is 347 g/mol. The van der Waals surface area contributed by atoms with Crippen LogP contribution in [0.1, 0.15) is 17.5 Å². The molecule has 2 N–H and O–H groups in total. The Kier molecular flexibility index (Phi) is 6.06. The molecule has 2 atom stereocenters. The fraction of sp³-hybridized carbons (Fsp3) is 0.333. The predicted octanol–water partition coefficient (Wildman–Crippen LogP) is 2.45. The van der Waals surface area contributed by atoms with Gasteiger partial charge in [0.2, 0.25) is 11.8 Å². The van der Waals surface area contributed by atoms with Gasteiger partial charge in [0, 0.05) is 18.7 Å². The minimum atomic E-state index is -0.346. The molecule has 0 saturated heterocycles. The van der Waals surface area contributed by atoms with E-state index in [1.807, 2.05) is 24.3 Å². The van der Waals surface area contributed by atoms with Crippen LogP contribution in [0.15, 0.2) is 48.5 Å². The van der Waals surface area contributed by atoms with Crippen molar-refractivity contribution in [1.82, 2.24) is 10.6 Å². The zero-order valence-corrected chi connectivity index (χ0v) is 15.2. The van der Waals surface area contributed by atoms with Gasteiger partial charge < -0.3 is 15.4 Å². The van der Waals surface area contributed by atoms with E-state index < -0.39 is 0 Å². The Labute approximate surface area is 157 Å². The lowest BCUT2D eigenvalue weighted by atomic mass is 10.1. The van der Waals surface area contributed by atoms with Gasteiger partial charge in [-0.3, -0.25) is 9.59 Å². The molecule has 2 amide bonds. The Balaban J connectivity index is 1.38. The molecule has 27 heavy (non-hydrogen) atoms. The Morgan fingerprint density at radius 3 is 2.37 bits per heavy atom. The van der Waals surface area contributed by atoms with Gasteiger partial charge in [-0.05, 0) is 36.6 Å². The Morgan fingerprint density at radius 2 is 1.70 bits per heavy atom. The van der Waals surface area contributed by atoms with Crippen LogP contribution in [0.5, 0.6) is 5.75 Å². The van der Waals surface area contributed by atoms with E-state index in [-0.39, 0.29) is 36.0 Å². The summed E-state index contributed by atoms with van der Waals surface area (Å²) in [5.74, 6) is -0.464. The maximum atomic E-state index is 13.6. The van der Waals surface area contributed by atoms with Crippen LogP contribution >= 0.6 is 0 Å². The molecule has 2 aromatic rings. The molecule has 0 spiro atoms. The summed E-state index contributed by atoms with van der Waals surface area (Å²) in [6.07, 6.45) is 1.25. The summed E-state index contributed by atoms with van der Waals surface area (Å²) in [5.41, 5.74) is 1.54. The summed E-state index contributed by atoms with van der Waals surface area (Å²) >= 11 is 0. The maximum Gasteiger partial charge on any atom is 0.224 e. The molecule has 0 heterocycles. The standard InChI is InChI=1S/C21H23FN2O3/c1-27-16-8-6-14(7-9-16)10-11-23-20(25)17-12-18(17)21(26)24-13-15-4-2-3-5-19(15)22/h2-9,17-18H,10-13H2,1H3,(H,23,25)(H,24,26). The van der Waals surface area contributed by atoms with Gasteiger partial charge in [-0.15, -0.1) is 0 Å². The van der Waals surface area contributed by atoms with Crippen LogP contribution in [0, 0.1) is 17.7 Å². The van der Waals surface area contributed by atoms with E-state index in [1.165, 1.54) is 6.07 Å². The van der Waals surface area contributed by atoms with Crippen LogP contribution in [0.25, 0.3) is 0 Å². The SMILES string of the molecule is COc1ccc(CCNC(=O)C2CC2C(=O)NCc2ccccc2F)cc1. The highest BCUT2D eigenvalue weighted by Gasteiger charge is 2.47. The number of benzene rings is 2. The number of amides is 2. The van der Waals surface area contributed by atoms with Crippen molar-refractivity contribution in [2.24, 2.45) is 11.8 Å². The smallest absolute Gasteiger partial charge is 0.224 e. The third kappa shape index (κ3) is 5.06. The molecule has 2 aromatic carbocycles.